The van der Waals surface area contributed by atoms with Gasteiger partial charge in [0.05, 0.1) is 18.4 Å². The van der Waals surface area contributed by atoms with E-state index in [2.05, 4.69) is 4.90 Å². The standard InChI is InChI=1S/C23H29N3O5S/c1-24-13-15-26(16-14-24)32(29,30)21-10-6-9-20(17-21)23(28)25(12-11-22(27)31-2)18-19-7-4-3-5-8-19/h3-10,17H,11-16,18H2,1-2H3. The summed E-state index contributed by atoms with van der Waals surface area (Å²) in [6, 6.07) is 15.5. The highest BCUT2D eigenvalue weighted by atomic mass is 32.2. The lowest BCUT2D eigenvalue weighted by Crippen LogP contribution is -2.47. The summed E-state index contributed by atoms with van der Waals surface area (Å²) in [5.74, 6) is -0.754. The molecule has 1 amide bonds. The summed E-state index contributed by atoms with van der Waals surface area (Å²) in [6.07, 6.45) is 0.0500. The van der Waals surface area contributed by atoms with Gasteiger partial charge in [-0.3, -0.25) is 9.59 Å². The minimum absolute atomic E-state index is 0.0500. The SMILES string of the molecule is COC(=O)CCN(Cc1ccccc1)C(=O)c1cccc(S(=O)(=O)N2CCN(C)CC2)c1. The van der Waals surface area contributed by atoms with E-state index in [0.717, 1.165) is 5.56 Å². The number of benzene rings is 2. The first-order chi connectivity index (χ1) is 15.3. The molecule has 3 rings (SSSR count). The third-order valence-corrected chi connectivity index (χ3v) is 7.39. The number of hydrogen-bond acceptors (Lipinski definition) is 6. The Hall–Kier alpha value is -2.75. The minimum Gasteiger partial charge on any atom is -0.469 e. The van der Waals surface area contributed by atoms with E-state index >= 15 is 0 Å². The van der Waals surface area contributed by atoms with Gasteiger partial charge >= 0.3 is 5.97 Å². The van der Waals surface area contributed by atoms with Crippen LogP contribution in [0.3, 0.4) is 0 Å². The van der Waals surface area contributed by atoms with Crippen molar-refractivity contribution in [3.05, 3.63) is 65.7 Å². The summed E-state index contributed by atoms with van der Waals surface area (Å²) >= 11 is 0. The van der Waals surface area contributed by atoms with Gasteiger partial charge in [0, 0.05) is 44.8 Å². The number of methoxy groups -OCH3 is 1. The average Bonchev–Trinajstić information content (AvgIpc) is 2.82. The zero-order chi connectivity index (χ0) is 23.1. The van der Waals surface area contributed by atoms with E-state index in [9.17, 15) is 18.0 Å². The van der Waals surface area contributed by atoms with Gasteiger partial charge in [-0.1, -0.05) is 36.4 Å². The van der Waals surface area contributed by atoms with Crippen molar-refractivity contribution in [2.75, 3.05) is 46.9 Å². The van der Waals surface area contributed by atoms with E-state index in [1.165, 1.54) is 28.4 Å². The lowest BCUT2D eigenvalue weighted by molar-refractivity contribution is -0.140. The topological polar surface area (TPSA) is 87.2 Å². The number of rotatable bonds is 8. The smallest absolute Gasteiger partial charge is 0.307 e. The van der Waals surface area contributed by atoms with Gasteiger partial charge in [0.15, 0.2) is 0 Å². The first-order valence-corrected chi connectivity index (χ1v) is 11.9. The summed E-state index contributed by atoms with van der Waals surface area (Å²) < 4.78 is 32.4. The molecule has 0 bridgehead atoms. The number of sulfonamides is 1. The molecule has 0 atom stereocenters. The molecule has 32 heavy (non-hydrogen) atoms. The van der Waals surface area contributed by atoms with E-state index in [1.54, 1.807) is 12.1 Å². The van der Waals surface area contributed by atoms with Crippen LogP contribution in [0.1, 0.15) is 22.3 Å². The fourth-order valence-corrected chi connectivity index (χ4v) is 5.00. The molecule has 0 unspecified atom stereocenters. The highest BCUT2D eigenvalue weighted by Gasteiger charge is 2.28. The van der Waals surface area contributed by atoms with Crippen molar-refractivity contribution in [2.24, 2.45) is 0 Å². The fourth-order valence-electron chi connectivity index (χ4n) is 3.53. The van der Waals surface area contributed by atoms with Crippen molar-refractivity contribution < 1.29 is 22.7 Å². The molecule has 9 heteroatoms. The summed E-state index contributed by atoms with van der Waals surface area (Å²) in [4.78, 5) is 28.7. The van der Waals surface area contributed by atoms with E-state index in [0.29, 0.717) is 32.7 Å². The van der Waals surface area contributed by atoms with Crippen LogP contribution in [0.4, 0.5) is 0 Å². The second kappa shape index (κ2) is 10.7. The largest absolute Gasteiger partial charge is 0.469 e. The molecule has 1 saturated heterocycles. The lowest BCUT2D eigenvalue weighted by Gasteiger charge is -2.31. The molecule has 1 aliphatic heterocycles. The zero-order valence-electron chi connectivity index (χ0n) is 18.4. The van der Waals surface area contributed by atoms with Gasteiger partial charge in [-0.2, -0.15) is 4.31 Å². The van der Waals surface area contributed by atoms with Crippen molar-refractivity contribution in [3.63, 3.8) is 0 Å². The Kier molecular flexibility index (Phi) is 8.00. The van der Waals surface area contributed by atoms with E-state index in [1.807, 2.05) is 37.4 Å². The van der Waals surface area contributed by atoms with Crippen molar-refractivity contribution in [1.29, 1.82) is 0 Å². The van der Waals surface area contributed by atoms with Crippen LogP contribution in [-0.2, 0) is 26.1 Å². The minimum atomic E-state index is -3.69. The second-order valence-corrected chi connectivity index (χ2v) is 9.71. The fraction of sp³-hybridized carbons (Fsp3) is 0.391. The molecule has 1 fully saturated rings. The highest BCUT2D eigenvalue weighted by molar-refractivity contribution is 7.89. The van der Waals surface area contributed by atoms with Gasteiger partial charge < -0.3 is 14.5 Å². The van der Waals surface area contributed by atoms with Crippen LogP contribution in [0, 0.1) is 0 Å². The monoisotopic (exact) mass is 459 g/mol. The predicted octanol–water partition coefficient (Wildman–Crippen LogP) is 1.83. The van der Waals surface area contributed by atoms with Gasteiger partial charge in [0.2, 0.25) is 10.0 Å². The third kappa shape index (κ3) is 5.93. The van der Waals surface area contributed by atoms with Gasteiger partial charge in [-0.05, 0) is 30.8 Å². The van der Waals surface area contributed by atoms with Crippen molar-refractivity contribution >= 4 is 21.9 Å². The van der Waals surface area contributed by atoms with Crippen molar-refractivity contribution in [1.82, 2.24) is 14.1 Å². The maximum absolute atomic E-state index is 13.3. The Bertz CT molecular complexity index is 1030. The Balaban J connectivity index is 1.83. The molecule has 2 aromatic carbocycles. The molecule has 0 aromatic heterocycles. The lowest BCUT2D eigenvalue weighted by atomic mass is 10.1. The Morgan fingerprint density at radius 1 is 1.00 bits per heavy atom. The van der Waals surface area contributed by atoms with Crippen LogP contribution in [0.15, 0.2) is 59.5 Å². The summed E-state index contributed by atoms with van der Waals surface area (Å²) in [5, 5.41) is 0. The van der Waals surface area contributed by atoms with E-state index in [-0.39, 0.29) is 29.3 Å². The molecule has 2 aromatic rings. The Morgan fingerprint density at radius 3 is 2.34 bits per heavy atom. The molecule has 172 valence electrons. The third-order valence-electron chi connectivity index (χ3n) is 5.50. The van der Waals surface area contributed by atoms with Crippen LogP contribution in [0.2, 0.25) is 0 Å². The maximum atomic E-state index is 13.3. The number of nitrogens with zero attached hydrogens (tertiary/aromatic N) is 3. The number of carbonyl (C=O) groups is 2. The second-order valence-electron chi connectivity index (χ2n) is 7.77. The van der Waals surface area contributed by atoms with E-state index in [4.69, 9.17) is 4.74 Å². The number of ether oxygens (including phenoxy) is 1. The molecular weight excluding hydrogens is 430 g/mol. The van der Waals surface area contributed by atoms with Crippen molar-refractivity contribution in [3.8, 4) is 0 Å². The van der Waals surface area contributed by atoms with Crippen LogP contribution in [-0.4, -0.2) is 81.3 Å². The molecule has 0 saturated carbocycles. The Morgan fingerprint density at radius 2 is 1.69 bits per heavy atom. The normalized spacial score (nSPS) is 15.3. The highest BCUT2D eigenvalue weighted by Crippen LogP contribution is 2.20. The van der Waals surface area contributed by atoms with Gasteiger partial charge in [0.25, 0.3) is 5.91 Å². The maximum Gasteiger partial charge on any atom is 0.307 e. The number of likely N-dealkylation sites (N-methyl/N-ethyl adjacent to an activating group) is 1. The molecule has 1 heterocycles. The zero-order valence-corrected chi connectivity index (χ0v) is 19.3. The number of hydrogen-bond donors (Lipinski definition) is 0. The van der Waals surface area contributed by atoms with Crippen molar-refractivity contribution in [2.45, 2.75) is 17.9 Å². The van der Waals surface area contributed by atoms with Crippen LogP contribution in [0.5, 0.6) is 0 Å². The average molecular weight is 460 g/mol. The van der Waals surface area contributed by atoms with Crippen LogP contribution >= 0.6 is 0 Å². The number of carbonyl (C=O) groups excluding carboxylic acids is 2. The number of piperazine rings is 1. The molecule has 0 aliphatic carbocycles. The van der Waals surface area contributed by atoms with Gasteiger partial charge in [-0.15, -0.1) is 0 Å². The number of esters is 1. The molecule has 0 spiro atoms. The Labute approximate surface area is 189 Å². The summed E-state index contributed by atoms with van der Waals surface area (Å²) in [5.41, 5.74) is 1.17. The molecular formula is C23H29N3O5S. The van der Waals surface area contributed by atoms with E-state index < -0.39 is 16.0 Å². The molecule has 8 nitrogen and oxygen atoms in total. The first-order valence-electron chi connectivity index (χ1n) is 10.5. The first kappa shape index (κ1) is 23.9. The summed E-state index contributed by atoms with van der Waals surface area (Å²) in [6.45, 7) is 2.61. The predicted molar refractivity (Wildman–Crippen MR) is 121 cm³/mol. The van der Waals surface area contributed by atoms with Gasteiger partial charge in [0.1, 0.15) is 0 Å². The summed E-state index contributed by atoms with van der Waals surface area (Å²) in [7, 11) is -0.433. The quantitative estimate of drug-likeness (QED) is 0.560. The molecule has 0 radical (unpaired) electrons. The van der Waals surface area contributed by atoms with Crippen LogP contribution in [0.25, 0.3) is 0 Å². The van der Waals surface area contributed by atoms with Crippen LogP contribution < -0.4 is 0 Å². The molecule has 0 N–H and O–H groups in total. The number of amides is 1. The molecule has 1 aliphatic rings. The van der Waals surface area contributed by atoms with Gasteiger partial charge in [-0.25, -0.2) is 8.42 Å².